The second-order valence-corrected chi connectivity index (χ2v) is 5.30. The Labute approximate surface area is 112 Å². The molecule has 0 saturated heterocycles. The highest BCUT2D eigenvalue weighted by atomic mass is 16.6. The Bertz CT molecular complexity index is 477. The molecule has 106 valence electrons. The van der Waals surface area contributed by atoms with Crippen molar-refractivity contribution in [3.8, 4) is 0 Å². The van der Waals surface area contributed by atoms with Crippen LogP contribution < -0.4 is 10.6 Å². The molecule has 2 N–H and O–H groups in total. The summed E-state index contributed by atoms with van der Waals surface area (Å²) in [6.07, 6.45) is 3.89. The first-order chi connectivity index (χ1) is 8.91. The SMILES string of the molecule is Cc1nc([N+](=O)[O-])c(N(C)C2CCC(N)CC2)n1C. The van der Waals surface area contributed by atoms with E-state index in [4.69, 9.17) is 5.73 Å². The van der Waals surface area contributed by atoms with Crippen molar-refractivity contribution >= 4 is 11.6 Å². The topological polar surface area (TPSA) is 90.2 Å². The fraction of sp³-hybridized carbons (Fsp3) is 0.750. The van der Waals surface area contributed by atoms with Crippen molar-refractivity contribution in [2.24, 2.45) is 12.8 Å². The highest BCUT2D eigenvalue weighted by Gasteiger charge is 2.31. The van der Waals surface area contributed by atoms with Gasteiger partial charge in [0.15, 0.2) is 0 Å². The van der Waals surface area contributed by atoms with Gasteiger partial charge in [-0.05, 0) is 35.6 Å². The maximum Gasteiger partial charge on any atom is 0.406 e. The van der Waals surface area contributed by atoms with Crippen LogP contribution in [-0.2, 0) is 7.05 Å². The van der Waals surface area contributed by atoms with E-state index in [1.54, 1.807) is 11.5 Å². The van der Waals surface area contributed by atoms with Crippen molar-refractivity contribution < 1.29 is 4.92 Å². The van der Waals surface area contributed by atoms with Crippen LogP contribution in [0.5, 0.6) is 0 Å². The summed E-state index contributed by atoms with van der Waals surface area (Å²) in [6, 6.07) is 0.571. The fourth-order valence-corrected chi connectivity index (χ4v) is 2.76. The molecular formula is C12H21N5O2. The molecule has 1 aromatic heterocycles. The third kappa shape index (κ3) is 2.56. The van der Waals surface area contributed by atoms with E-state index in [9.17, 15) is 10.1 Å². The summed E-state index contributed by atoms with van der Waals surface area (Å²) in [7, 11) is 3.72. The van der Waals surface area contributed by atoms with E-state index < -0.39 is 4.92 Å². The molecule has 0 atom stereocenters. The number of hydrogen-bond donors (Lipinski definition) is 1. The number of rotatable bonds is 3. The Morgan fingerprint density at radius 1 is 1.42 bits per heavy atom. The zero-order valence-corrected chi connectivity index (χ0v) is 11.7. The molecule has 0 aliphatic heterocycles. The van der Waals surface area contributed by atoms with Crippen molar-refractivity contribution in [2.75, 3.05) is 11.9 Å². The lowest BCUT2D eigenvalue weighted by Crippen LogP contribution is -2.39. The van der Waals surface area contributed by atoms with Gasteiger partial charge < -0.3 is 20.7 Å². The lowest BCUT2D eigenvalue weighted by Gasteiger charge is -2.34. The molecule has 1 aliphatic rings. The van der Waals surface area contributed by atoms with Crippen LogP contribution in [0.1, 0.15) is 31.5 Å². The Hall–Kier alpha value is -1.63. The molecule has 0 bridgehead atoms. The summed E-state index contributed by atoms with van der Waals surface area (Å²) in [5.41, 5.74) is 5.90. The first kappa shape index (κ1) is 13.8. The Balaban J connectivity index is 2.28. The summed E-state index contributed by atoms with van der Waals surface area (Å²) < 4.78 is 1.78. The average Bonchev–Trinajstić information content (AvgIpc) is 2.66. The van der Waals surface area contributed by atoms with Crippen LogP contribution in [0, 0.1) is 17.0 Å². The Morgan fingerprint density at radius 2 is 2.00 bits per heavy atom. The molecule has 1 saturated carbocycles. The van der Waals surface area contributed by atoms with Crippen molar-refractivity contribution in [3.63, 3.8) is 0 Å². The van der Waals surface area contributed by atoms with Crippen molar-refractivity contribution in [2.45, 2.75) is 44.7 Å². The van der Waals surface area contributed by atoms with Crippen LogP contribution in [0.15, 0.2) is 0 Å². The summed E-state index contributed by atoms with van der Waals surface area (Å²) in [4.78, 5) is 16.7. The predicted octanol–water partition coefficient (Wildman–Crippen LogP) is 1.34. The molecule has 1 fully saturated rings. The molecule has 0 aromatic carbocycles. The van der Waals surface area contributed by atoms with Gasteiger partial charge in [-0.15, -0.1) is 0 Å². The lowest BCUT2D eigenvalue weighted by molar-refractivity contribution is -0.388. The number of imidazole rings is 1. The van der Waals surface area contributed by atoms with Crippen LogP contribution in [0.3, 0.4) is 0 Å². The predicted molar refractivity (Wildman–Crippen MR) is 73.2 cm³/mol. The van der Waals surface area contributed by atoms with Gasteiger partial charge in [0.25, 0.3) is 0 Å². The first-order valence-electron chi connectivity index (χ1n) is 6.58. The monoisotopic (exact) mass is 267 g/mol. The van der Waals surface area contributed by atoms with Crippen molar-refractivity contribution in [1.29, 1.82) is 0 Å². The summed E-state index contributed by atoms with van der Waals surface area (Å²) in [5.74, 6) is 1.18. The highest BCUT2D eigenvalue weighted by Crippen LogP contribution is 2.32. The van der Waals surface area contributed by atoms with Crippen LogP contribution in [-0.4, -0.2) is 33.6 Å². The van der Waals surface area contributed by atoms with E-state index in [2.05, 4.69) is 4.98 Å². The molecule has 7 heteroatoms. The van der Waals surface area contributed by atoms with E-state index in [1.807, 2.05) is 19.0 Å². The van der Waals surface area contributed by atoms with Gasteiger partial charge in [-0.1, -0.05) is 0 Å². The van der Waals surface area contributed by atoms with E-state index in [0.717, 1.165) is 25.7 Å². The second kappa shape index (κ2) is 5.16. The number of hydrogen-bond acceptors (Lipinski definition) is 5. The molecule has 1 heterocycles. The normalized spacial score (nSPS) is 23.4. The molecule has 2 rings (SSSR count). The van der Waals surface area contributed by atoms with Crippen molar-refractivity contribution in [1.82, 2.24) is 9.55 Å². The molecule has 0 unspecified atom stereocenters. The highest BCUT2D eigenvalue weighted by molar-refractivity contribution is 5.56. The first-order valence-corrected chi connectivity index (χ1v) is 6.58. The maximum atomic E-state index is 11.1. The minimum atomic E-state index is -0.409. The molecule has 1 aliphatic carbocycles. The van der Waals surface area contributed by atoms with Gasteiger partial charge >= 0.3 is 5.82 Å². The smallest absolute Gasteiger partial charge is 0.358 e. The molecule has 7 nitrogen and oxygen atoms in total. The number of nitro groups is 1. The Morgan fingerprint density at radius 3 is 2.53 bits per heavy atom. The van der Waals surface area contributed by atoms with Gasteiger partial charge in [0.1, 0.15) is 0 Å². The summed E-state index contributed by atoms with van der Waals surface area (Å²) >= 11 is 0. The van der Waals surface area contributed by atoms with Crippen molar-refractivity contribution in [3.05, 3.63) is 15.9 Å². The van der Waals surface area contributed by atoms with Crippen LogP contribution in [0.25, 0.3) is 0 Å². The fourth-order valence-electron chi connectivity index (χ4n) is 2.76. The van der Waals surface area contributed by atoms with Crippen LogP contribution >= 0.6 is 0 Å². The minimum Gasteiger partial charge on any atom is -0.358 e. The standard InChI is InChI=1S/C12H21N5O2/c1-8-14-11(17(18)19)12(15(8)2)16(3)10-6-4-9(13)5-7-10/h9-10H,4-7,13H2,1-3H3. The zero-order chi connectivity index (χ0) is 14.2. The average molecular weight is 267 g/mol. The number of aromatic nitrogens is 2. The largest absolute Gasteiger partial charge is 0.406 e. The molecule has 1 aromatic rings. The number of nitrogens with zero attached hydrogens (tertiary/aromatic N) is 4. The van der Waals surface area contributed by atoms with Crippen LogP contribution in [0.2, 0.25) is 0 Å². The lowest BCUT2D eigenvalue weighted by atomic mass is 9.91. The number of anilines is 1. The number of nitrogens with two attached hydrogens (primary N) is 1. The van der Waals surface area contributed by atoms with Crippen LogP contribution in [0.4, 0.5) is 11.6 Å². The third-order valence-corrected chi connectivity index (χ3v) is 4.07. The van der Waals surface area contributed by atoms with Gasteiger partial charge in [0.05, 0.1) is 0 Å². The molecule has 19 heavy (non-hydrogen) atoms. The van der Waals surface area contributed by atoms with E-state index in [0.29, 0.717) is 17.7 Å². The number of aryl methyl sites for hydroxylation is 1. The quantitative estimate of drug-likeness (QED) is 0.659. The maximum absolute atomic E-state index is 11.1. The zero-order valence-electron chi connectivity index (χ0n) is 11.7. The van der Waals surface area contributed by atoms with E-state index in [-0.39, 0.29) is 11.9 Å². The molecule has 0 spiro atoms. The minimum absolute atomic E-state index is 0.0580. The van der Waals surface area contributed by atoms with Gasteiger partial charge in [-0.25, -0.2) is 0 Å². The Kier molecular flexibility index (Phi) is 3.75. The third-order valence-electron chi connectivity index (χ3n) is 4.07. The second-order valence-electron chi connectivity index (χ2n) is 5.30. The molecular weight excluding hydrogens is 246 g/mol. The van der Waals surface area contributed by atoms with E-state index >= 15 is 0 Å². The molecule has 0 amide bonds. The van der Waals surface area contributed by atoms with Gasteiger partial charge in [-0.3, -0.25) is 4.57 Å². The van der Waals surface area contributed by atoms with Gasteiger partial charge in [-0.2, -0.15) is 0 Å². The molecule has 0 radical (unpaired) electrons. The van der Waals surface area contributed by atoms with Gasteiger partial charge in [0, 0.05) is 33.1 Å². The van der Waals surface area contributed by atoms with E-state index in [1.165, 1.54) is 0 Å². The summed E-state index contributed by atoms with van der Waals surface area (Å²) in [6.45, 7) is 1.78. The summed E-state index contributed by atoms with van der Waals surface area (Å²) in [5, 5.41) is 11.1. The van der Waals surface area contributed by atoms with Gasteiger partial charge in [0.2, 0.25) is 11.6 Å².